The maximum atomic E-state index is 13.0. The second kappa shape index (κ2) is 6.96. The van der Waals surface area contributed by atoms with Crippen molar-refractivity contribution in [3.63, 3.8) is 0 Å². The van der Waals surface area contributed by atoms with Crippen LogP contribution in [-0.4, -0.2) is 4.92 Å². The summed E-state index contributed by atoms with van der Waals surface area (Å²) >= 11 is 0. The van der Waals surface area contributed by atoms with Crippen LogP contribution in [0.4, 0.5) is 14.5 Å². The minimum absolute atomic E-state index is 0.0742. The Morgan fingerprint density at radius 3 is 1.68 bits per heavy atom. The lowest BCUT2D eigenvalue weighted by Gasteiger charge is -2.12. The molecule has 0 amide bonds. The van der Waals surface area contributed by atoms with Crippen molar-refractivity contribution in [3.8, 4) is 23.0 Å². The molecular weight excluding hydrogens is 332 g/mol. The summed E-state index contributed by atoms with van der Waals surface area (Å²) in [6.07, 6.45) is 0. The van der Waals surface area contributed by atoms with Crippen LogP contribution in [-0.2, 0) is 0 Å². The number of nitro groups is 1. The molecule has 0 spiro atoms. The summed E-state index contributed by atoms with van der Waals surface area (Å²) in [4.78, 5) is 10.4. The zero-order valence-electron chi connectivity index (χ0n) is 12.7. The number of non-ortho nitro benzene ring substituents is 1. The molecule has 5 nitrogen and oxygen atoms in total. The average molecular weight is 343 g/mol. The van der Waals surface area contributed by atoms with Gasteiger partial charge in [-0.3, -0.25) is 10.1 Å². The summed E-state index contributed by atoms with van der Waals surface area (Å²) in [6, 6.07) is 14.3. The number of rotatable bonds is 5. The van der Waals surface area contributed by atoms with Crippen LogP contribution in [0.3, 0.4) is 0 Å². The van der Waals surface area contributed by atoms with E-state index in [0.717, 1.165) is 0 Å². The van der Waals surface area contributed by atoms with E-state index >= 15 is 0 Å². The van der Waals surface area contributed by atoms with Crippen LogP contribution in [0.2, 0.25) is 0 Å². The number of hydrogen-bond acceptors (Lipinski definition) is 4. The molecule has 0 unspecified atom stereocenters. The molecule has 0 aromatic heterocycles. The lowest BCUT2D eigenvalue weighted by molar-refractivity contribution is -0.384. The largest absolute Gasteiger partial charge is 0.453 e. The van der Waals surface area contributed by atoms with Gasteiger partial charge in [0, 0.05) is 6.07 Å². The van der Waals surface area contributed by atoms with Crippen molar-refractivity contribution in [2.24, 2.45) is 0 Å². The lowest BCUT2D eigenvalue weighted by atomic mass is 10.2. The number of nitro benzene ring substituents is 1. The van der Waals surface area contributed by atoms with E-state index in [1.165, 1.54) is 66.7 Å². The smallest absolute Gasteiger partial charge is 0.273 e. The molecule has 0 radical (unpaired) electrons. The van der Waals surface area contributed by atoms with Gasteiger partial charge in [-0.15, -0.1) is 0 Å². The van der Waals surface area contributed by atoms with E-state index in [1.54, 1.807) is 0 Å². The Kier molecular flexibility index (Phi) is 4.56. The summed E-state index contributed by atoms with van der Waals surface area (Å²) in [5.41, 5.74) is -0.191. The number of benzene rings is 3. The third-order valence-corrected chi connectivity index (χ3v) is 3.22. The molecule has 3 aromatic rings. The van der Waals surface area contributed by atoms with Crippen LogP contribution in [0, 0.1) is 21.7 Å². The Labute approximate surface area is 141 Å². The molecule has 0 aliphatic heterocycles. The highest BCUT2D eigenvalue weighted by Gasteiger charge is 2.15. The minimum atomic E-state index is -0.570. The zero-order valence-corrected chi connectivity index (χ0v) is 12.7. The van der Waals surface area contributed by atoms with Crippen LogP contribution in [0.15, 0.2) is 66.7 Å². The fraction of sp³-hybridized carbons (Fsp3) is 0. The second-order valence-corrected chi connectivity index (χ2v) is 5.00. The van der Waals surface area contributed by atoms with E-state index in [9.17, 15) is 18.9 Å². The van der Waals surface area contributed by atoms with Crippen molar-refractivity contribution in [2.75, 3.05) is 0 Å². The molecule has 3 rings (SSSR count). The van der Waals surface area contributed by atoms with Gasteiger partial charge in [0.1, 0.15) is 23.1 Å². The molecule has 25 heavy (non-hydrogen) atoms. The number of ether oxygens (including phenoxy) is 2. The van der Waals surface area contributed by atoms with Gasteiger partial charge in [-0.1, -0.05) is 0 Å². The van der Waals surface area contributed by atoms with E-state index < -0.39 is 16.6 Å². The van der Waals surface area contributed by atoms with Gasteiger partial charge in [-0.2, -0.15) is 0 Å². The molecule has 0 saturated heterocycles. The summed E-state index contributed by atoms with van der Waals surface area (Å²) in [5.74, 6) is 0.0322. The normalized spacial score (nSPS) is 10.3. The van der Waals surface area contributed by atoms with E-state index in [4.69, 9.17) is 9.47 Å². The maximum absolute atomic E-state index is 13.0. The Morgan fingerprint density at radius 2 is 1.20 bits per heavy atom. The summed E-state index contributed by atoms with van der Waals surface area (Å²) in [5, 5.41) is 11.0. The molecule has 7 heteroatoms. The summed E-state index contributed by atoms with van der Waals surface area (Å²) in [7, 11) is 0. The maximum Gasteiger partial charge on any atom is 0.273 e. The second-order valence-electron chi connectivity index (χ2n) is 5.00. The van der Waals surface area contributed by atoms with E-state index in [0.29, 0.717) is 5.75 Å². The lowest BCUT2D eigenvalue weighted by Crippen LogP contribution is -1.94. The first-order chi connectivity index (χ1) is 12.0. The topological polar surface area (TPSA) is 61.6 Å². The summed E-state index contributed by atoms with van der Waals surface area (Å²) in [6.45, 7) is 0. The first kappa shape index (κ1) is 16.4. The molecule has 0 heterocycles. The fourth-order valence-electron chi connectivity index (χ4n) is 2.03. The third-order valence-electron chi connectivity index (χ3n) is 3.22. The Hall–Kier alpha value is -3.48. The Bertz CT molecular complexity index is 896. The molecule has 0 N–H and O–H groups in total. The SMILES string of the molecule is O=[N+]([O-])c1ccc(Oc2ccc(F)cc2)c(Oc2ccc(F)cc2)c1. The first-order valence-corrected chi connectivity index (χ1v) is 7.16. The quantitative estimate of drug-likeness (QED) is 0.456. The fourth-order valence-corrected chi connectivity index (χ4v) is 2.03. The molecule has 0 fully saturated rings. The molecule has 0 saturated carbocycles. The molecule has 0 aliphatic rings. The monoisotopic (exact) mass is 343 g/mol. The van der Waals surface area contributed by atoms with E-state index in [1.807, 2.05) is 0 Å². The van der Waals surface area contributed by atoms with Gasteiger partial charge in [0.05, 0.1) is 11.0 Å². The molecule has 126 valence electrons. The Morgan fingerprint density at radius 1 is 0.720 bits per heavy atom. The van der Waals surface area contributed by atoms with Crippen molar-refractivity contribution in [1.82, 2.24) is 0 Å². The summed E-state index contributed by atoms with van der Waals surface area (Å²) < 4.78 is 37.2. The molecule has 0 atom stereocenters. The molecular formula is C18H11F2NO4. The van der Waals surface area contributed by atoms with Gasteiger partial charge in [0.15, 0.2) is 11.5 Å². The van der Waals surface area contributed by atoms with Crippen LogP contribution in [0.5, 0.6) is 23.0 Å². The molecule has 0 bridgehead atoms. The molecule has 0 aliphatic carbocycles. The number of halogens is 2. The molecule has 3 aromatic carbocycles. The highest BCUT2D eigenvalue weighted by Crippen LogP contribution is 2.37. The van der Waals surface area contributed by atoms with E-state index in [-0.39, 0.29) is 22.9 Å². The Balaban J connectivity index is 1.94. The first-order valence-electron chi connectivity index (χ1n) is 7.16. The minimum Gasteiger partial charge on any atom is -0.453 e. The predicted molar refractivity (Wildman–Crippen MR) is 86.0 cm³/mol. The standard InChI is InChI=1S/C18H11F2NO4/c19-12-1-6-15(7-2-12)24-17-10-5-14(21(22)23)11-18(17)25-16-8-3-13(20)4-9-16/h1-11H. The van der Waals surface area contributed by atoms with Gasteiger partial charge in [0.2, 0.25) is 0 Å². The average Bonchev–Trinajstić information content (AvgIpc) is 2.60. The van der Waals surface area contributed by atoms with Gasteiger partial charge < -0.3 is 9.47 Å². The van der Waals surface area contributed by atoms with Gasteiger partial charge in [0.25, 0.3) is 5.69 Å². The van der Waals surface area contributed by atoms with Gasteiger partial charge >= 0.3 is 0 Å². The highest BCUT2D eigenvalue weighted by atomic mass is 19.1. The van der Waals surface area contributed by atoms with Crippen molar-refractivity contribution in [3.05, 3.63) is 88.5 Å². The van der Waals surface area contributed by atoms with Crippen LogP contribution < -0.4 is 9.47 Å². The van der Waals surface area contributed by atoms with Gasteiger partial charge in [-0.25, -0.2) is 8.78 Å². The highest BCUT2D eigenvalue weighted by molar-refractivity contribution is 5.51. The van der Waals surface area contributed by atoms with Crippen LogP contribution >= 0.6 is 0 Å². The predicted octanol–water partition coefficient (Wildman–Crippen LogP) is 5.46. The zero-order chi connectivity index (χ0) is 17.8. The van der Waals surface area contributed by atoms with Crippen LogP contribution in [0.25, 0.3) is 0 Å². The van der Waals surface area contributed by atoms with Crippen molar-refractivity contribution < 1.29 is 23.2 Å². The van der Waals surface area contributed by atoms with Crippen molar-refractivity contribution in [2.45, 2.75) is 0 Å². The van der Waals surface area contributed by atoms with Crippen molar-refractivity contribution >= 4 is 5.69 Å². The van der Waals surface area contributed by atoms with E-state index in [2.05, 4.69) is 0 Å². The van der Waals surface area contributed by atoms with Crippen molar-refractivity contribution in [1.29, 1.82) is 0 Å². The van der Waals surface area contributed by atoms with Gasteiger partial charge in [-0.05, 0) is 54.6 Å². The number of hydrogen-bond donors (Lipinski definition) is 0. The number of nitrogens with zero attached hydrogens (tertiary/aromatic N) is 1. The van der Waals surface area contributed by atoms with Crippen LogP contribution in [0.1, 0.15) is 0 Å². The third kappa shape index (κ3) is 4.08.